The third-order valence-electron chi connectivity index (χ3n) is 7.76. The standard InChI is InChI=1S/C35H30Cl2N4O/c1-22(24-8-5-4-6-9-24)38-33-32(40(2)34(39-33)25-13-15-28(36)16-14-25)19-23-12-17-31-27(18-23)21-30(35(42)41(31)3)26-10-7-11-29(37)20-26/h4-18,20-22,38H,19H2,1-3H3/t22-/m1/s1. The molecular weight excluding hydrogens is 563 g/mol. The minimum atomic E-state index is -0.0573. The second-order valence-corrected chi connectivity index (χ2v) is 11.4. The monoisotopic (exact) mass is 592 g/mol. The lowest BCUT2D eigenvalue weighted by Gasteiger charge is -2.16. The fraction of sp³-hybridized carbons (Fsp3) is 0.143. The molecule has 0 saturated heterocycles. The van der Waals surface area contributed by atoms with Crippen molar-refractivity contribution in [1.82, 2.24) is 14.1 Å². The number of hydrogen-bond donors (Lipinski definition) is 1. The highest BCUT2D eigenvalue weighted by atomic mass is 35.5. The zero-order valence-corrected chi connectivity index (χ0v) is 25.1. The highest BCUT2D eigenvalue weighted by Gasteiger charge is 2.19. The van der Waals surface area contributed by atoms with Crippen LogP contribution in [0, 0.1) is 0 Å². The topological polar surface area (TPSA) is 51.9 Å². The molecule has 0 amide bonds. The summed E-state index contributed by atoms with van der Waals surface area (Å²) in [5.41, 5.74) is 6.58. The average Bonchev–Trinajstić information content (AvgIpc) is 3.29. The highest BCUT2D eigenvalue weighted by molar-refractivity contribution is 6.31. The van der Waals surface area contributed by atoms with E-state index < -0.39 is 0 Å². The van der Waals surface area contributed by atoms with E-state index in [2.05, 4.69) is 41.1 Å². The van der Waals surface area contributed by atoms with E-state index in [0.29, 0.717) is 22.0 Å². The summed E-state index contributed by atoms with van der Waals surface area (Å²) in [7, 11) is 3.86. The lowest BCUT2D eigenvalue weighted by Crippen LogP contribution is -2.19. The number of benzene rings is 4. The number of nitrogens with one attached hydrogen (secondary N) is 1. The predicted octanol–water partition coefficient (Wildman–Crippen LogP) is 8.68. The van der Waals surface area contributed by atoms with E-state index in [0.717, 1.165) is 44.9 Å². The van der Waals surface area contributed by atoms with E-state index in [4.69, 9.17) is 28.2 Å². The second-order valence-electron chi connectivity index (χ2n) is 10.6. The highest BCUT2D eigenvalue weighted by Crippen LogP contribution is 2.31. The molecule has 210 valence electrons. The Balaban J connectivity index is 1.43. The second kappa shape index (κ2) is 11.5. The zero-order valence-electron chi connectivity index (χ0n) is 23.6. The maximum atomic E-state index is 13.2. The number of anilines is 1. The van der Waals surface area contributed by atoms with Crippen LogP contribution in [0.4, 0.5) is 5.82 Å². The molecule has 1 atom stereocenters. The van der Waals surface area contributed by atoms with Gasteiger partial charge in [0.2, 0.25) is 0 Å². The number of halogens is 2. The van der Waals surface area contributed by atoms with Crippen molar-refractivity contribution < 1.29 is 0 Å². The molecular formula is C35H30Cl2N4O. The lowest BCUT2D eigenvalue weighted by molar-refractivity contribution is 0.841. The Hall–Kier alpha value is -4.32. The summed E-state index contributed by atoms with van der Waals surface area (Å²) in [6.45, 7) is 2.14. The quantitative estimate of drug-likeness (QED) is 0.202. The van der Waals surface area contributed by atoms with Gasteiger partial charge in [0.1, 0.15) is 11.6 Å². The average molecular weight is 594 g/mol. The maximum absolute atomic E-state index is 13.2. The summed E-state index contributed by atoms with van der Waals surface area (Å²) < 4.78 is 3.85. The van der Waals surface area contributed by atoms with Crippen molar-refractivity contribution in [2.75, 3.05) is 5.32 Å². The van der Waals surface area contributed by atoms with Crippen molar-refractivity contribution in [2.45, 2.75) is 19.4 Å². The van der Waals surface area contributed by atoms with Crippen molar-refractivity contribution in [2.24, 2.45) is 14.1 Å². The van der Waals surface area contributed by atoms with Crippen molar-refractivity contribution in [3.05, 3.63) is 140 Å². The van der Waals surface area contributed by atoms with E-state index in [1.54, 1.807) is 4.57 Å². The van der Waals surface area contributed by atoms with Crippen molar-refractivity contribution in [3.63, 3.8) is 0 Å². The zero-order chi connectivity index (χ0) is 29.4. The third kappa shape index (κ3) is 5.46. The van der Waals surface area contributed by atoms with Crippen LogP contribution in [0.15, 0.2) is 108 Å². The molecule has 5 nitrogen and oxygen atoms in total. The van der Waals surface area contributed by atoms with Gasteiger partial charge in [-0.2, -0.15) is 0 Å². The maximum Gasteiger partial charge on any atom is 0.258 e. The molecule has 0 saturated carbocycles. The van der Waals surface area contributed by atoms with Crippen LogP contribution in [-0.4, -0.2) is 14.1 Å². The Kier molecular flexibility index (Phi) is 7.63. The van der Waals surface area contributed by atoms with Gasteiger partial charge < -0.3 is 14.5 Å². The van der Waals surface area contributed by atoms with Gasteiger partial charge in [-0.15, -0.1) is 0 Å². The Bertz CT molecular complexity index is 1960. The third-order valence-corrected chi connectivity index (χ3v) is 8.25. The van der Waals surface area contributed by atoms with Crippen molar-refractivity contribution in [3.8, 4) is 22.5 Å². The summed E-state index contributed by atoms with van der Waals surface area (Å²) in [6.07, 6.45) is 0.645. The molecule has 0 fully saturated rings. The van der Waals surface area contributed by atoms with Gasteiger partial charge in [0.05, 0.1) is 17.3 Å². The molecule has 6 rings (SSSR count). The van der Waals surface area contributed by atoms with Crippen LogP contribution < -0.4 is 10.9 Å². The molecule has 7 heteroatoms. The molecule has 2 heterocycles. The number of imidazole rings is 1. The summed E-state index contributed by atoms with van der Waals surface area (Å²) in [6, 6.07) is 33.8. The summed E-state index contributed by atoms with van der Waals surface area (Å²) in [5, 5.41) is 5.93. The molecule has 0 bridgehead atoms. The summed E-state index contributed by atoms with van der Waals surface area (Å²) in [4.78, 5) is 18.3. The van der Waals surface area contributed by atoms with Gasteiger partial charge in [0.25, 0.3) is 5.56 Å². The van der Waals surface area contributed by atoms with Crippen LogP contribution in [0.5, 0.6) is 0 Å². The smallest absolute Gasteiger partial charge is 0.258 e. The molecule has 2 aromatic heterocycles. The van der Waals surface area contributed by atoms with Gasteiger partial charge in [-0.1, -0.05) is 71.7 Å². The van der Waals surface area contributed by atoms with Crippen LogP contribution >= 0.6 is 23.2 Å². The Morgan fingerprint density at radius 1 is 0.786 bits per heavy atom. The van der Waals surface area contributed by atoms with Crippen molar-refractivity contribution in [1.29, 1.82) is 0 Å². The number of hydrogen-bond acceptors (Lipinski definition) is 3. The lowest BCUT2D eigenvalue weighted by atomic mass is 10.0. The molecule has 0 aliphatic carbocycles. The SMILES string of the molecule is C[C@@H](Nc1nc(-c2ccc(Cl)cc2)n(C)c1Cc1ccc2c(c1)cc(-c1cccc(Cl)c1)c(=O)n2C)c1ccccc1. The van der Waals surface area contributed by atoms with E-state index in [-0.39, 0.29) is 11.6 Å². The summed E-state index contributed by atoms with van der Waals surface area (Å²) >= 11 is 12.4. The molecule has 0 radical (unpaired) electrons. The number of aromatic nitrogens is 3. The van der Waals surface area contributed by atoms with Crippen LogP contribution in [0.3, 0.4) is 0 Å². The first-order valence-electron chi connectivity index (χ1n) is 13.8. The predicted molar refractivity (Wildman–Crippen MR) is 175 cm³/mol. The molecule has 4 aromatic carbocycles. The molecule has 1 N–H and O–H groups in total. The van der Waals surface area contributed by atoms with Crippen LogP contribution in [0.2, 0.25) is 10.0 Å². The molecule has 42 heavy (non-hydrogen) atoms. The number of pyridine rings is 1. The van der Waals surface area contributed by atoms with Crippen LogP contribution in [0.25, 0.3) is 33.4 Å². The van der Waals surface area contributed by atoms with Gasteiger partial charge in [0, 0.05) is 41.7 Å². The number of rotatable bonds is 7. The van der Waals surface area contributed by atoms with Gasteiger partial charge >= 0.3 is 0 Å². The normalized spacial score (nSPS) is 12.0. The largest absolute Gasteiger partial charge is 0.362 e. The van der Waals surface area contributed by atoms with Gasteiger partial charge in [-0.3, -0.25) is 4.79 Å². The van der Waals surface area contributed by atoms with Gasteiger partial charge in [0.15, 0.2) is 0 Å². The first-order chi connectivity index (χ1) is 20.3. The first-order valence-corrected chi connectivity index (χ1v) is 14.6. The number of fused-ring (bicyclic) bond motifs is 1. The molecule has 0 aliphatic heterocycles. The summed E-state index contributed by atoms with van der Waals surface area (Å²) in [5.74, 6) is 1.69. The van der Waals surface area contributed by atoms with E-state index in [9.17, 15) is 4.79 Å². The Morgan fingerprint density at radius 3 is 2.29 bits per heavy atom. The minimum absolute atomic E-state index is 0.0573. The Morgan fingerprint density at radius 2 is 1.55 bits per heavy atom. The van der Waals surface area contributed by atoms with E-state index in [1.165, 1.54) is 5.56 Å². The molecule has 0 unspecified atom stereocenters. The fourth-order valence-corrected chi connectivity index (χ4v) is 5.75. The van der Waals surface area contributed by atoms with E-state index >= 15 is 0 Å². The van der Waals surface area contributed by atoms with E-state index in [1.807, 2.05) is 93.0 Å². The Labute approximate surface area is 255 Å². The van der Waals surface area contributed by atoms with Gasteiger partial charge in [-0.05, 0) is 83.6 Å². The number of nitrogens with zero attached hydrogens (tertiary/aromatic N) is 3. The number of aryl methyl sites for hydroxylation is 1. The molecule has 0 aliphatic rings. The fourth-order valence-electron chi connectivity index (χ4n) is 5.44. The van der Waals surface area contributed by atoms with Crippen molar-refractivity contribution >= 4 is 39.9 Å². The van der Waals surface area contributed by atoms with Crippen LogP contribution in [0.1, 0.15) is 29.8 Å². The molecule has 6 aromatic rings. The van der Waals surface area contributed by atoms with Gasteiger partial charge in [-0.25, -0.2) is 4.98 Å². The minimum Gasteiger partial charge on any atom is -0.362 e. The molecule has 0 spiro atoms. The van der Waals surface area contributed by atoms with Crippen LogP contribution in [-0.2, 0) is 20.5 Å². The first kappa shape index (κ1) is 27.8.